The number of nitrogens with one attached hydrogen (secondary N) is 2. The van der Waals surface area contributed by atoms with E-state index in [0.29, 0.717) is 6.42 Å². The van der Waals surface area contributed by atoms with E-state index in [2.05, 4.69) is 10.8 Å². The number of carboxylic acid groups (broad SMARTS) is 1. The summed E-state index contributed by atoms with van der Waals surface area (Å²) in [6, 6.07) is -1.02. The van der Waals surface area contributed by atoms with Crippen molar-refractivity contribution in [2.45, 2.75) is 53.5 Å². The SMILES string of the molecule is CONC(=O)C(C1CCSC1)C(CC(C)C)C(=O)NC(C(=O)O)C(C)(C)C. The van der Waals surface area contributed by atoms with Gasteiger partial charge in [-0.15, -0.1) is 0 Å². The Labute approximate surface area is 166 Å². The first-order valence-electron chi connectivity index (χ1n) is 9.42. The number of hydrogen-bond acceptors (Lipinski definition) is 5. The summed E-state index contributed by atoms with van der Waals surface area (Å²) in [6.07, 6.45) is 1.36. The summed E-state index contributed by atoms with van der Waals surface area (Å²) >= 11 is 1.77. The Kier molecular flexibility index (Phi) is 9.08. The third-order valence-electron chi connectivity index (χ3n) is 4.87. The minimum Gasteiger partial charge on any atom is -0.480 e. The molecule has 3 N–H and O–H groups in total. The quantitative estimate of drug-likeness (QED) is 0.511. The van der Waals surface area contributed by atoms with Crippen LogP contribution in [0.25, 0.3) is 0 Å². The molecule has 0 aromatic rings. The van der Waals surface area contributed by atoms with Gasteiger partial charge in [0.1, 0.15) is 6.04 Å². The lowest BCUT2D eigenvalue weighted by molar-refractivity contribution is -0.148. The van der Waals surface area contributed by atoms with Crippen LogP contribution in [0.3, 0.4) is 0 Å². The van der Waals surface area contributed by atoms with Gasteiger partial charge in [0, 0.05) is 0 Å². The molecule has 27 heavy (non-hydrogen) atoms. The predicted molar refractivity (Wildman–Crippen MR) is 106 cm³/mol. The highest BCUT2D eigenvalue weighted by molar-refractivity contribution is 7.99. The largest absolute Gasteiger partial charge is 0.480 e. The topological polar surface area (TPSA) is 105 Å². The van der Waals surface area contributed by atoms with Gasteiger partial charge in [0.25, 0.3) is 0 Å². The normalized spacial score (nSPS) is 20.8. The molecule has 0 spiro atoms. The van der Waals surface area contributed by atoms with Crippen LogP contribution < -0.4 is 10.8 Å². The van der Waals surface area contributed by atoms with Crippen molar-refractivity contribution in [3.8, 4) is 0 Å². The van der Waals surface area contributed by atoms with Gasteiger partial charge in [-0.05, 0) is 41.6 Å². The van der Waals surface area contributed by atoms with E-state index in [1.165, 1.54) is 7.11 Å². The van der Waals surface area contributed by atoms with Crippen molar-refractivity contribution < 1.29 is 24.3 Å². The summed E-state index contributed by atoms with van der Waals surface area (Å²) in [5.74, 6) is -0.892. The highest BCUT2D eigenvalue weighted by Crippen LogP contribution is 2.37. The Morgan fingerprint density at radius 3 is 2.26 bits per heavy atom. The maximum absolute atomic E-state index is 13.1. The van der Waals surface area contributed by atoms with E-state index in [1.54, 1.807) is 32.5 Å². The van der Waals surface area contributed by atoms with Crippen LogP contribution in [-0.2, 0) is 19.2 Å². The molecule has 2 amide bonds. The highest BCUT2D eigenvalue weighted by Gasteiger charge is 2.43. The summed E-state index contributed by atoms with van der Waals surface area (Å²) in [5.41, 5.74) is 1.75. The van der Waals surface area contributed by atoms with E-state index >= 15 is 0 Å². The average Bonchev–Trinajstić information content (AvgIpc) is 3.04. The van der Waals surface area contributed by atoms with Gasteiger partial charge in [-0.2, -0.15) is 11.8 Å². The molecule has 0 saturated carbocycles. The second kappa shape index (κ2) is 10.3. The Morgan fingerprint density at radius 1 is 1.22 bits per heavy atom. The molecule has 8 heteroatoms. The molecule has 1 saturated heterocycles. The lowest BCUT2D eigenvalue weighted by Gasteiger charge is -2.34. The van der Waals surface area contributed by atoms with Crippen LogP contribution >= 0.6 is 11.8 Å². The average molecular weight is 403 g/mol. The molecule has 0 bridgehead atoms. The molecule has 1 fully saturated rings. The number of hydrogen-bond donors (Lipinski definition) is 3. The van der Waals surface area contributed by atoms with Crippen molar-refractivity contribution in [1.29, 1.82) is 0 Å². The molecule has 4 unspecified atom stereocenters. The second-order valence-corrected chi connectivity index (χ2v) is 9.85. The first-order chi connectivity index (χ1) is 12.5. The molecule has 1 rings (SSSR count). The van der Waals surface area contributed by atoms with Crippen molar-refractivity contribution in [2.75, 3.05) is 18.6 Å². The first kappa shape index (κ1) is 23.8. The molecule has 0 aromatic heterocycles. The van der Waals surface area contributed by atoms with Gasteiger partial charge in [-0.3, -0.25) is 14.4 Å². The zero-order chi connectivity index (χ0) is 20.8. The molecular weight excluding hydrogens is 368 g/mol. The lowest BCUT2D eigenvalue weighted by Crippen LogP contribution is -2.53. The minimum atomic E-state index is -1.08. The van der Waals surface area contributed by atoms with Gasteiger partial charge in [-0.1, -0.05) is 34.6 Å². The first-order valence-corrected chi connectivity index (χ1v) is 10.6. The Morgan fingerprint density at radius 2 is 1.85 bits per heavy atom. The third kappa shape index (κ3) is 6.99. The number of amides is 2. The molecule has 0 aliphatic carbocycles. The van der Waals surface area contributed by atoms with Crippen LogP contribution in [0.5, 0.6) is 0 Å². The van der Waals surface area contributed by atoms with E-state index in [4.69, 9.17) is 4.84 Å². The molecule has 1 heterocycles. The summed E-state index contributed by atoms with van der Waals surface area (Å²) in [4.78, 5) is 42.4. The van der Waals surface area contributed by atoms with Crippen molar-refractivity contribution in [3.63, 3.8) is 0 Å². The summed E-state index contributed by atoms with van der Waals surface area (Å²) < 4.78 is 0. The highest BCUT2D eigenvalue weighted by atomic mass is 32.2. The van der Waals surface area contributed by atoms with E-state index < -0.39 is 29.3 Å². The smallest absolute Gasteiger partial charge is 0.326 e. The van der Waals surface area contributed by atoms with E-state index in [0.717, 1.165) is 17.9 Å². The number of carboxylic acids is 1. The number of hydroxylamine groups is 1. The molecule has 1 aliphatic rings. The summed E-state index contributed by atoms with van der Waals surface area (Å²) in [5, 5.41) is 12.2. The maximum Gasteiger partial charge on any atom is 0.326 e. The zero-order valence-corrected chi connectivity index (χ0v) is 18.0. The van der Waals surface area contributed by atoms with Crippen molar-refractivity contribution in [3.05, 3.63) is 0 Å². The van der Waals surface area contributed by atoms with E-state index in [9.17, 15) is 19.5 Å². The van der Waals surface area contributed by atoms with Crippen LogP contribution in [-0.4, -0.2) is 47.5 Å². The number of carbonyl (C=O) groups excluding carboxylic acids is 2. The summed E-state index contributed by atoms with van der Waals surface area (Å²) in [6.45, 7) is 9.30. The third-order valence-corrected chi connectivity index (χ3v) is 6.06. The van der Waals surface area contributed by atoms with E-state index in [1.807, 2.05) is 13.8 Å². The fourth-order valence-electron chi connectivity index (χ4n) is 3.55. The van der Waals surface area contributed by atoms with Crippen LogP contribution in [0.15, 0.2) is 0 Å². The summed E-state index contributed by atoms with van der Waals surface area (Å²) in [7, 11) is 1.37. The molecule has 7 nitrogen and oxygen atoms in total. The van der Waals surface area contributed by atoms with Gasteiger partial charge >= 0.3 is 5.97 Å². The maximum atomic E-state index is 13.1. The van der Waals surface area contributed by atoms with Gasteiger partial charge < -0.3 is 10.4 Å². The van der Waals surface area contributed by atoms with Crippen LogP contribution in [0, 0.1) is 29.1 Å². The molecule has 4 atom stereocenters. The lowest BCUT2D eigenvalue weighted by atomic mass is 9.75. The van der Waals surface area contributed by atoms with Crippen LogP contribution in [0.2, 0.25) is 0 Å². The minimum absolute atomic E-state index is 0.0672. The Balaban J connectivity index is 3.16. The van der Waals surface area contributed by atoms with Crippen molar-refractivity contribution in [2.24, 2.45) is 29.1 Å². The van der Waals surface area contributed by atoms with Gasteiger partial charge in [0.05, 0.1) is 18.9 Å². The fourth-order valence-corrected chi connectivity index (χ4v) is 4.87. The van der Waals surface area contributed by atoms with Gasteiger partial charge in [-0.25, -0.2) is 10.3 Å². The predicted octanol–water partition coefficient (Wildman–Crippen LogP) is 2.31. The van der Waals surface area contributed by atoms with Crippen LogP contribution in [0.1, 0.15) is 47.5 Å². The second-order valence-electron chi connectivity index (χ2n) is 8.70. The van der Waals surface area contributed by atoms with Crippen molar-refractivity contribution in [1.82, 2.24) is 10.8 Å². The van der Waals surface area contributed by atoms with Crippen molar-refractivity contribution >= 4 is 29.5 Å². The number of aliphatic carboxylic acids is 1. The molecule has 0 radical (unpaired) electrons. The number of carbonyl (C=O) groups is 3. The molecule has 1 aliphatic heterocycles. The standard InChI is InChI=1S/C19H34N2O5S/c1-11(2)9-13(16(22)20-15(18(24)25)19(3,4)5)14(17(23)21-26-6)12-7-8-27-10-12/h11-15H,7-10H2,1-6H3,(H,20,22)(H,21,23)(H,24,25). The molecule has 0 aromatic carbocycles. The van der Waals surface area contributed by atoms with Gasteiger partial charge in [0.2, 0.25) is 11.8 Å². The number of rotatable bonds is 9. The Bertz CT molecular complexity index is 527. The monoisotopic (exact) mass is 402 g/mol. The Hall–Kier alpha value is -1.28. The van der Waals surface area contributed by atoms with E-state index in [-0.39, 0.29) is 23.7 Å². The number of thioether (sulfide) groups is 1. The zero-order valence-electron chi connectivity index (χ0n) is 17.2. The van der Waals surface area contributed by atoms with Crippen LogP contribution in [0.4, 0.5) is 0 Å². The fraction of sp³-hybridized carbons (Fsp3) is 0.842. The van der Waals surface area contributed by atoms with Gasteiger partial charge in [0.15, 0.2) is 0 Å². The molecular formula is C19H34N2O5S. The molecule has 156 valence electrons.